The van der Waals surface area contributed by atoms with Crippen molar-refractivity contribution in [3.63, 3.8) is 0 Å². The van der Waals surface area contributed by atoms with Crippen LogP contribution in [0.3, 0.4) is 0 Å². The summed E-state index contributed by atoms with van der Waals surface area (Å²) in [5, 5.41) is 5.90. The highest BCUT2D eigenvalue weighted by atomic mass is 79.9. The number of para-hydroxylation sites is 1. The number of fused-ring (bicyclic) bond motifs is 1. The number of anilines is 2. The van der Waals surface area contributed by atoms with Crippen LogP contribution in [0.1, 0.15) is 15.9 Å². The van der Waals surface area contributed by atoms with Gasteiger partial charge in [0.2, 0.25) is 10.0 Å². The molecule has 13 heteroatoms. The molecule has 0 aliphatic carbocycles. The molecule has 2 aliphatic rings. The van der Waals surface area contributed by atoms with Crippen LogP contribution in [0.15, 0.2) is 85.4 Å². The van der Waals surface area contributed by atoms with Crippen molar-refractivity contribution in [1.29, 1.82) is 0 Å². The maximum absolute atomic E-state index is 13.2. The fourth-order valence-corrected chi connectivity index (χ4v) is 6.99. The van der Waals surface area contributed by atoms with E-state index in [1.807, 2.05) is 0 Å². The molecule has 10 nitrogen and oxygen atoms in total. The van der Waals surface area contributed by atoms with E-state index in [1.165, 1.54) is 28.6 Å². The van der Waals surface area contributed by atoms with E-state index < -0.39 is 26.7 Å². The summed E-state index contributed by atoms with van der Waals surface area (Å²) in [5.41, 5.74) is 1.40. The molecule has 3 aromatic rings. The molecule has 1 saturated heterocycles. The van der Waals surface area contributed by atoms with Gasteiger partial charge < -0.3 is 15.4 Å². The number of carbonyl (C=O) groups excluding carboxylic acids is 1. The van der Waals surface area contributed by atoms with Crippen molar-refractivity contribution in [3.05, 3.63) is 82.3 Å². The quantitative estimate of drug-likeness (QED) is 0.332. The normalized spacial score (nSPS) is 18.2. The van der Waals surface area contributed by atoms with Crippen LogP contribution in [0.4, 0.5) is 11.4 Å². The van der Waals surface area contributed by atoms with Gasteiger partial charge in [-0.25, -0.2) is 8.42 Å². The first kappa shape index (κ1) is 25.9. The van der Waals surface area contributed by atoms with Crippen molar-refractivity contribution < 1.29 is 27.1 Å². The number of amides is 1. The van der Waals surface area contributed by atoms with Crippen LogP contribution in [0.2, 0.25) is 0 Å². The molecule has 2 aliphatic heterocycles. The first-order valence-corrected chi connectivity index (χ1v) is 14.9. The van der Waals surface area contributed by atoms with Gasteiger partial charge in [0.15, 0.2) is 5.84 Å². The lowest BCUT2D eigenvalue weighted by Crippen LogP contribution is -2.40. The van der Waals surface area contributed by atoms with Crippen LogP contribution < -0.4 is 10.6 Å². The van der Waals surface area contributed by atoms with Gasteiger partial charge in [-0.1, -0.05) is 44.9 Å². The Morgan fingerprint density at radius 3 is 2.59 bits per heavy atom. The number of rotatable bonds is 5. The molecule has 3 aromatic carbocycles. The van der Waals surface area contributed by atoms with Gasteiger partial charge in [-0.2, -0.15) is 4.31 Å². The lowest BCUT2D eigenvalue weighted by molar-refractivity contribution is 0.0730. The number of hydrogen-bond donors (Lipinski definition) is 4. The van der Waals surface area contributed by atoms with Gasteiger partial charge in [-0.15, -0.1) is 4.40 Å². The number of morpholine rings is 1. The van der Waals surface area contributed by atoms with E-state index >= 15 is 0 Å². The van der Waals surface area contributed by atoms with E-state index in [2.05, 4.69) is 31.0 Å². The Kier molecular flexibility index (Phi) is 7.11. The summed E-state index contributed by atoms with van der Waals surface area (Å²) in [5.74, 6) is -0.370. The Morgan fingerprint density at radius 1 is 1.05 bits per heavy atom. The minimum atomic E-state index is -3.78. The molecule has 4 N–H and O–H groups in total. The second kappa shape index (κ2) is 10.2. The minimum absolute atomic E-state index is 0.0157. The molecule has 0 aromatic heterocycles. The molecule has 194 valence electrons. The summed E-state index contributed by atoms with van der Waals surface area (Å²) in [6, 6.07) is 17.6. The molecule has 0 saturated carbocycles. The summed E-state index contributed by atoms with van der Waals surface area (Å²) in [4.78, 5) is 13.5. The summed E-state index contributed by atoms with van der Waals surface area (Å²) >= 11 is 3.41. The number of carbonyl (C=O) groups is 1. The molecule has 0 unspecified atom stereocenters. The average Bonchev–Trinajstić information content (AvgIpc) is 2.90. The van der Waals surface area contributed by atoms with E-state index in [0.717, 1.165) is 0 Å². The van der Waals surface area contributed by atoms with Gasteiger partial charge in [0.05, 0.1) is 29.5 Å². The Hall–Kier alpha value is -2.78. The number of benzene rings is 3. The van der Waals surface area contributed by atoms with E-state index in [1.54, 1.807) is 42.5 Å². The largest absolute Gasteiger partial charge is 0.379 e. The monoisotopic (exact) mass is 606 g/mol. The van der Waals surface area contributed by atoms with E-state index in [4.69, 9.17) is 4.74 Å². The zero-order chi connectivity index (χ0) is 26.2. The van der Waals surface area contributed by atoms with Crippen molar-refractivity contribution in [3.8, 4) is 0 Å². The van der Waals surface area contributed by atoms with Crippen molar-refractivity contribution in [2.75, 3.05) is 36.9 Å². The van der Waals surface area contributed by atoms with Crippen LogP contribution in [0.25, 0.3) is 0 Å². The van der Waals surface area contributed by atoms with Crippen molar-refractivity contribution >= 4 is 59.8 Å². The fourth-order valence-electron chi connectivity index (χ4n) is 4.00. The molecule has 0 bridgehead atoms. The van der Waals surface area contributed by atoms with Gasteiger partial charge in [0, 0.05) is 28.7 Å². The molecule has 2 heterocycles. The number of sulfonamides is 1. The van der Waals surface area contributed by atoms with Gasteiger partial charge in [0.25, 0.3) is 5.91 Å². The van der Waals surface area contributed by atoms with Crippen molar-refractivity contribution in [1.82, 2.24) is 4.31 Å². The molecule has 0 spiro atoms. The predicted molar refractivity (Wildman–Crippen MR) is 146 cm³/mol. The average molecular weight is 608 g/mol. The highest BCUT2D eigenvalue weighted by Gasteiger charge is 2.29. The highest BCUT2D eigenvalue weighted by Crippen LogP contribution is 2.55. The maximum Gasteiger partial charge on any atom is 0.255 e. The molecule has 1 amide bonds. The fraction of sp³-hybridized carbons (Fsp3) is 0.167. The molecular formula is C24H23BrN4O6S2. The third-order valence-corrected chi connectivity index (χ3v) is 9.61. The summed E-state index contributed by atoms with van der Waals surface area (Å²) in [6.07, 6.45) is 0. The number of nitrogens with one attached hydrogen (secondary N) is 2. The third kappa shape index (κ3) is 5.29. The smallest absolute Gasteiger partial charge is 0.255 e. The topological polar surface area (TPSA) is 141 Å². The standard InChI is InChI=1S/C24H23BrN4O6S2/c25-17-8-9-20(19(15-17)23-26-21-6-1-2-7-22(21)36(31,32)28-23)27-24(30)16-4-3-5-18(14-16)37(33,34)29-10-12-35-13-11-29/h1-9,14-15,31-32H,10-13H2,(H,26,28)(H,27,30). The summed E-state index contributed by atoms with van der Waals surface area (Å²) < 4.78 is 58.8. The molecular weight excluding hydrogens is 584 g/mol. The zero-order valence-corrected chi connectivity index (χ0v) is 22.5. The second-order valence-electron chi connectivity index (χ2n) is 8.27. The molecule has 1 fully saturated rings. The SMILES string of the molecule is O=C(Nc1ccc(Br)cc1C1=NS(O)(O)c2ccccc2N1)c1cccc(S(=O)(=O)N2CCOCC2)c1. The molecule has 0 radical (unpaired) electrons. The van der Waals surface area contributed by atoms with Crippen LogP contribution in [-0.4, -0.2) is 59.9 Å². The Bertz CT molecular complexity index is 1510. The molecule has 37 heavy (non-hydrogen) atoms. The highest BCUT2D eigenvalue weighted by molar-refractivity contribution is 9.10. The first-order valence-electron chi connectivity index (χ1n) is 11.2. The minimum Gasteiger partial charge on any atom is -0.379 e. The summed E-state index contributed by atoms with van der Waals surface area (Å²) in [6.45, 7) is 1.13. The number of nitrogens with zero attached hydrogens (tertiary/aromatic N) is 2. The van der Waals surface area contributed by atoms with Crippen LogP contribution in [-0.2, 0) is 14.8 Å². The number of halogens is 1. The van der Waals surface area contributed by atoms with Crippen LogP contribution in [0, 0.1) is 0 Å². The molecule has 0 atom stereocenters. The lowest BCUT2D eigenvalue weighted by Gasteiger charge is -2.34. The Labute approximate surface area is 224 Å². The van der Waals surface area contributed by atoms with Gasteiger partial charge >= 0.3 is 0 Å². The maximum atomic E-state index is 13.2. The zero-order valence-electron chi connectivity index (χ0n) is 19.3. The van der Waals surface area contributed by atoms with E-state index in [9.17, 15) is 22.3 Å². The summed E-state index contributed by atoms with van der Waals surface area (Å²) in [7, 11) is -7.24. The molecule has 5 rings (SSSR count). The second-order valence-corrected chi connectivity index (χ2v) is 12.8. The van der Waals surface area contributed by atoms with Gasteiger partial charge in [0.1, 0.15) is 4.90 Å². The Balaban J connectivity index is 1.45. The third-order valence-electron chi connectivity index (χ3n) is 5.84. The van der Waals surface area contributed by atoms with E-state index in [-0.39, 0.29) is 34.3 Å². The van der Waals surface area contributed by atoms with Gasteiger partial charge in [-0.3, -0.25) is 13.9 Å². The first-order chi connectivity index (χ1) is 17.6. The van der Waals surface area contributed by atoms with Crippen molar-refractivity contribution in [2.24, 2.45) is 4.40 Å². The predicted octanol–water partition coefficient (Wildman–Crippen LogP) is 4.62. The Morgan fingerprint density at radius 2 is 1.81 bits per heavy atom. The number of amidine groups is 1. The van der Waals surface area contributed by atoms with Crippen molar-refractivity contribution in [2.45, 2.75) is 9.79 Å². The van der Waals surface area contributed by atoms with Crippen LogP contribution >= 0.6 is 26.7 Å². The van der Waals surface area contributed by atoms with Crippen LogP contribution in [0.5, 0.6) is 0 Å². The van der Waals surface area contributed by atoms with Gasteiger partial charge in [-0.05, 0) is 48.5 Å². The van der Waals surface area contributed by atoms with E-state index in [0.29, 0.717) is 34.6 Å². The number of ether oxygens (including phenoxy) is 1. The lowest BCUT2D eigenvalue weighted by atomic mass is 10.1. The number of hydrogen-bond acceptors (Lipinski definition) is 8.